The summed E-state index contributed by atoms with van der Waals surface area (Å²) in [6, 6.07) is 6.89. The van der Waals surface area contributed by atoms with Crippen LogP contribution in [0, 0.1) is 24.0 Å². The van der Waals surface area contributed by atoms with Crippen LogP contribution in [0.15, 0.2) is 42.5 Å². The second-order valence-electron chi connectivity index (χ2n) is 14.4. The van der Waals surface area contributed by atoms with Crippen molar-refractivity contribution in [2.75, 3.05) is 38.3 Å². The molecular weight excluding hydrogens is 658 g/mol. The number of nitrogens with zero attached hydrogens (tertiary/aromatic N) is 6. The van der Waals surface area contributed by atoms with Crippen molar-refractivity contribution in [3.05, 3.63) is 59.7 Å². The minimum absolute atomic E-state index is 0.00763. The minimum Gasteiger partial charge on any atom is -0.472 e. The van der Waals surface area contributed by atoms with Crippen LogP contribution in [0.2, 0.25) is 0 Å². The first-order chi connectivity index (χ1) is 24.6. The molecule has 1 amide bonds. The number of methoxy groups -OCH3 is 1. The molecule has 262 valence electrons. The molecule has 0 radical (unpaired) electrons. The highest BCUT2D eigenvalue weighted by molar-refractivity contribution is 6.03. The number of carboxylic acid groups (broad SMARTS) is 1. The van der Waals surface area contributed by atoms with E-state index in [0.29, 0.717) is 36.0 Å². The molecule has 4 fully saturated rings. The average molecular weight is 695 g/mol. The molecule has 5 aliphatic rings. The van der Waals surface area contributed by atoms with Gasteiger partial charge in [0.15, 0.2) is 5.82 Å². The van der Waals surface area contributed by atoms with E-state index in [1.54, 1.807) is 31.4 Å². The molecule has 0 saturated carbocycles. The predicted molar refractivity (Wildman–Crippen MR) is 185 cm³/mol. The first kappa shape index (κ1) is 31.9. The van der Waals surface area contributed by atoms with Crippen LogP contribution in [0.5, 0.6) is 11.9 Å². The number of fused-ring (bicyclic) bond motifs is 7. The van der Waals surface area contributed by atoms with Crippen LogP contribution in [-0.2, 0) is 4.74 Å². The lowest BCUT2D eigenvalue weighted by Gasteiger charge is -2.47. The number of hydrogen-bond donors (Lipinski definition) is 1. The van der Waals surface area contributed by atoms with Crippen LogP contribution >= 0.6 is 0 Å². The summed E-state index contributed by atoms with van der Waals surface area (Å²) in [5.41, 5.74) is 0.816. The fourth-order valence-corrected chi connectivity index (χ4v) is 9.47. The molecule has 51 heavy (non-hydrogen) atoms. The van der Waals surface area contributed by atoms with Gasteiger partial charge in [-0.1, -0.05) is 42.3 Å². The maximum atomic E-state index is 17.3. The SMILES string of the molecule is C#Cc1c(F)ccc2cccc(-c3nc4c5c(nc(OCC67CC(=C)CN6C[C@H](OC)C7)nc5c3F)N3CC5CCC(C3C(C)O4)N5C(=O)O)c12. The minimum atomic E-state index is -0.986. The summed E-state index contributed by atoms with van der Waals surface area (Å²) < 4.78 is 51.0. The van der Waals surface area contributed by atoms with E-state index in [1.165, 1.54) is 11.0 Å². The van der Waals surface area contributed by atoms with Gasteiger partial charge in [0.1, 0.15) is 40.9 Å². The number of halogens is 2. The number of aromatic nitrogens is 3. The molecule has 2 bridgehead atoms. The molecule has 4 saturated heterocycles. The molecule has 5 aliphatic heterocycles. The number of piperazine rings is 1. The van der Waals surface area contributed by atoms with Crippen molar-refractivity contribution < 1.29 is 32.9 Å². The zero-order chi connectivity index (χ0) is 35.3. The number of terminal acetylenes is 1. The van der Waals surface area contributed by atoms with Crippen LogP contribution in [0.1, 0.15) is 38.2 Å². The Kier molecular flexibility index (Phi) is 7.18. The molecule has 13 heteroatoms. The summed E-state index contributed by atoms with van der Waals surface area (Å²) in [5.74, 6) is 1.52. The fraction of sp³-hybridized carbons (Fsp3) is 0.421. The lowest BCUT2D eigenvalue weighted by atomic mass is 9.93. The molecule has 0 spiro atoms. The van der Waals surface area contributed by atoms with Crippen molar-refractivity contribution >= 4 is 33.6 Å². The summed E-state index contributed by atoms with van der Waals surface area (Å²) in [6.45, 7) is 8.13. The van der Waals surface area contributed by atoms with Gasteiger partial charge in [0.25, 0.3) is 0 Å². The topological polar surface area (TPSA) is 113 Å². The van der Waals surface area contributed by atoms with Crippen molar-refractivity contribution in [3.8, 4) is 35.5 Å². The van der Waals surface area contributed by atoms with E-state index in [9.17, 15) is 9.90 Å². The molecule has 0 aliphatic carbocycles. The van der Waals surface area contributed by atoms with E-state index in [-0.39, 0.29) is 69.9 Å². The zero-order valence-corrected chi connectivity index (χ0v) is 28.2. The molecular formula is C38H36F2N6O5. The Morgan fingerprint density at radius 1 is 1.18 bits per heavy atom. The number of benzene rings is 2. The highest BCUT2D eigenvalue weighted by Crippen LogP contribution is 2.48. The number of pyridine rings is 1. The second-order valence-corrected chi connectivity index (χ2v) is 14.4. The molecule has 5 unspecified atom stereocenters. The molecule has 6 atom stereocenters. The Labute approximate surface area is 292 Å². The Morgan fingerprint density at radius 3 is 2.80 bits per heavy atom. The summed E-state index contributed by atoms with van der Waals surface area (Å²) in [7, 11) is 1.70. The Hall–Kier alpha value is -5.06. The first-order valence-electron chi connectivity index (χ1n) is 17.2. The zero-order valence-electron chi connectivity index (χ0n) is 28.2. The maximum absolute atomic E-state index is 17.3. The van der Waals surface area contributed by atoms with Gasteiger partial charge < -0.3 is 24.2 Å². The highest BCUT2D eigenvalue weighted by Gasteiger charge is 2.54. The molecule has 11 nitrogen and oxygen atoms in total. The Bertz CT molecular complexity index is 2210. The first-order valence-corrected chi connectivity index (χ1v) is 17.2. The van der Waals surface area contributed by atoms with Crippen molar-refractivity contribution in [2.45, 2.75) is 68.5 Å². The van der Waals surface area contributed by atoms with E-state index in [4.69, 9.17) is 30.6 Å². The summed E-state index contributed by atoms with van der Waals surface area (Å²) in [6.07, 6.45) is 7.05. The number of amides is 1. The second kappa shape index (κ2) is 11.5. The summed E-state index contributed by atoms with van der Waals surface area (Å²) in [4.78, 5) is 32.7. The number of anilines is 1. The van der Waals surface area contributed by atoms with Gasteiger partial charge in [0.2, 0.25) is 5.88 Å². The van der Waals surface area contributed by atoms with Crippen LogP contribution < -0.4 is 14.4 Å². The third-order valence-electron chi connectivity index (χ3n) is 11.6. The van der Waals surface area contributed by atoms with E-state index >= 15 is 8.78 Å². The lowest BCUT2D eigenvalue weighted by Crippen LogP contribution is -2.64. The standard InChI is InChI=1S/C38H36F2N6O5/c1-5-24-26(39)11-9-21-7-6-8-25(28(21)24)31-30(40)32-29-34(43-36(42-32)50-18-38-13-19(2)15-44(38)17-23(14-38)49-4)45-16-22-10-12-27(46(22)37(47)48)33(45)20(3)51-35(29)41-31/h1,6-9,11,20,22-23,27,33H,2,10,12-18H2,3-4H3,(H,47,48)/t20?,22?,23-,27?,33?,38?/m1/s1. The quantitative estimate of drug-likeness (QED) is 0.216. The fourth-order valence-electron chi connectivity index (χ4n) is 9.47. The van der Waals surface area contributed by atoms with Crippen molar-refractivity contribution in [1.29, 1.82) is 0 Å². The van der Waals surface area contributed by atoms with Crippen LogP contribution in [-0.4, -0.2) is 105 Å². The average Bonchev–Trinajstić information content (AvgIpc) is 3.70. The maximum Gasteiger partial charge on any atom is 0.407 e. The Morgan fingerprint density at radius 2 is 2.02 bits per heavy atom. The van der Waals surface area contributed by atoms with E-state index < -0.39 is 29.9 Å². The number of hydrogen-bond acceptors (Lipinski definition) is 9. The number of carbonyl (C=O) groups is 1. The van der Waals surface area contributed by atoms with Gasteiger partial charge in [-0.15, -0.1) is 6.42 Å². The Balaban J connectivity index is 1.24. The van der Waals surface area contributed by atoms with Gasteiger partial charge in [-0.25, -0.2) is 18.6 Å². The molecule has 1 N–H and O–H groups in total. The number of rotatable bonds is 5. The summed E-state index contributed by atoms with van der Waals surface area (Å²) >= 11 is 0. The van der Waals surface area contributed by atoms with Gasteiger partial charge in [-0.05, 0) is 44.1 Å². The van der Waals surface area contributed by atoms with Gasteiger partial charge in [0.05, 0.1) is 35.3 Å². The van der Waals surface area contributed by atoms with Gasteiger partial charge >= 0.3 is 12.1 Å². The van der Waals surface area contributed by atoms with Crippen molar-refractivity contribution in [1.82, 2.24) is 24.8 Å². The third kappa shape index (κ3) is 4.69. The van der Waals surface area contributed by atoms with Crippen molar-refractivity contribution in [2.24, 2.45) is 0 Å². The molecule has 7 heterocycles. The van der Waals surface area contributed by atoms with E-state index in [1.807, 2.05) is 11.8 Å². The predicted octanol–water partition coefficient (Wildman–Crippen LogP) is 5.38. The van der Waals surface area contributed by atoms with Gasteiger partial charge in [-0.3, -0.25) is 9.80 Å². The largest absolute Gasteiger partial charge is 0.472 e. The molecule has 2 aromatic heterocycles. The summed E-state index contributed by atoms with van der Waals surface area (Å²) in [5, 5.41) is 11.4. The molecule has 4 aromatic rings. The smallest absolute Gasteiger partial charge is 0.407 e. The van der Waals surface area contributed by atoms with Gasteiger partial charge in [-0.2, -0.15) is 9.97 Å². The molecule has 9 rings (SSSR count). The number of ether oxygens (including phenoxy) is 3. The molecule has 2 aromatic carbocycles. The van der Waals surface area contributed by atoms with E-state index in [2.05, 4.69) is 22.4 Å². The van der Waals surface area contributed by atoms with Crippen LogP contribution in [0.25, 0.3) is 32.9 Å². The highest BCUT2D eigenvalue weighted by atomic mass is 19.1. The van der Waals surface area contributed by atoms with E-state index in [0.717, 1.165) is 31.5 Å². The third-order valence-corrected chi connectivity index (χ3v) is 11.6. The normalized spacial score (nSPS) is 28.1. The van der Waals surface area contributed by atoms with Crippen LogP contribution in [0.4, 0.5) is 19.4 Å². The van der Waals surface area contributed by atoms with Crippen molar-refractivity contribution in [3.63, 3.8) is 0 Å². The van der Waals surface area contributed by atoms with Crippen LogP contribution in [0.3, 0.4) is 0 Å². The monoisotopic (exact) mass is 694 g/mol. The lowest BCUT2D eigenvalue weighted by molar-refractivity contribution is 0.0706. The van der Waals surface area contributed by atoms with Gasteiger partial charge in [0, 0.05) is 37.7 Å².